The van der Waals surface area contributed by atoms with Gasteiger partial charge in [-0.25, -0.2) is 8.78 Å². The van der Waals surface area contributed by atoms with E-state index in [1.165, 1.54) is 30.0 Å². The van der Waals surface area contributed by atoms with E-state index in [2.05, 4.69) is 27.2 Å². The Labute approximate surface area is 163 Å². The number of halogens is 2. The number of rotatable bonds is 5. The van der Waals surface area contributed by atoms with E-state index in [0.717, 1.165) is 43.9 Å². The highest BCUT2D eigenvalue weighted by molar-refractivity contribution is 5.67. The van der Waals surface area contributed by atoms with Gasteiger partial charge in [-0.05, 0) is 49.2 Å². The second-order valence-corrected chi connectivity index (χ2v) is 7.22. The van der Waals surface area contributed by atoms with Crippen molar-refractivity contribution in [2.45, 2.75) is 25.3 Å². The molecule has 1 atom stereocenters. The van der Waals surface area contributed by atoms with Gasteiger partial charge in [0.1, 0.15) is 17.4 Å². The van der Waals surface area contributed by atoms with Gasteiger partial charge in [-0.1, -0.05) is 18.2 Å². The van der Waals surface area contributed by atoms with Crippen LogP contribution in [-0.2, 0) is 6.54 Å². The average molecular weight is 383 g/mol. The Morgan fingerprint density at radius 2 is 1.89 bits per heavy atom. The monoisotopic (exact) mass is 383 g/mol. The smallest absolute Gasteiger partial charge is 0.134 e. The van der Waals surface area contributed by atoms with E-state index in [1.54, 1.807) is 7.11 Å². The van der Waals surface area contributed by atoms with Crippen LogP contribution in [0.25, 0.3) is 11.1 Å². The zero-order valence-electron chi connectivity index (χ0n) is 15.8. The SMILES string of the molecule is COc1ccc(CN2CCCC(c3[nH]ncc3-c3c(F)cccc3F)C2)cc1. The minimum Gasteiger partial charge on any atom is -0.497 e. The Morgan fingerprint density at radius 1 is 1.14 bits per heavy atom. The third kappa shape index (κ3) is 3.78. The summed E-state index contributed by atoms with van der Waals surface area (Å²) in [4.78, 5) is 2.37. The summed E-state index contributed by atoms with van der Waals surface area (Å²) in [6.07, 6.45) is 3.52. The number of likely N-dealkylation sites (tertiary alicyclic amines) is 1. The van der Waals surface area contributed by atoms with Gasteiger partial charge in [0.25, 0.3) is 0 Å². The molecular weight excluding hydrogens is 360 g/mol. The summed E-state index contributed by atoms with van der Waals surface area (Å²) in [5.41, 5.74) is 2.54. The number of aromatic amines is 1. The maximum Gasteiger partial charge on any atom is 0.134 e. The van der Waals surface area contributed by atoms with Crippen molar-refractivity contribution in [1.82, 2.24) is 15.1 Å². The quantitative estimate of drug-likeness (QED) is 0.692. The van der Waals surface area contributed by atoms with E-state index in [-0.39, 0.29) is 11.5 Å². The molecule has 1 N–H and O–H groups in total. The lowest BCUT2D eigenvalue weighted by molar-refractivity contribution is 0.198. The van der Waals surface area contributed by atoms with Gasteiger partial charge in [-0.3, -0.25) is 10.00 Å². The zero-order valence-corrected chi connectivity index (χ0v) is 15.8. The van der Waals surface area contributed by atoms with E-state index < -0.39 is 11.6 Å². The Balaban J connectivity index is 1.53. The number of nitrogens with zero attached hydrogens (tertiary/aromatic N) is 2. The normalized spacial score (nSPS) is 17.6. The summed E-state index contributed by atoms with van der Waals surface area (Å²) in [6, 6.07) is 12.0. The highest BCUT2D eigenvalue weighted by Gasteiger charge is 2.27. The molecule has 146 valence electrons. The number of ether oxygens (including phenoxy) is 1. The Kier molecular flexibility index (Phi) is 5.39. The van der Waals surface area contributed by atoms with Crippen molar-refractivity contribution < 1.29 is 13.5 Å². The van der Waals surface area contributed by atoms with Crippen LogP contribution in [0, 0.1) is 11.6 Å². The highest BCUT2D eigenvalue weighted by atomic mass is 19.1. The largest absolute Gasteiger partial charge is 0.497 e. The standard InChI is InChI=1S/C22H23F2N3O/c1-28-17-9-7-15(8-10-17)13-27-11-3-4-16(14-27)22-18(12-25-26-22)21-19(23)5-2-6-20(21)24/h2,5-10,12,16H,3-4,11,13-14H2,1H3,(H,25,26). The van der Waals surface area contributed by atoms with Crippen molar-refractivity contribution in [1.29, 1.82) is 0 Å². The molecule has 28 heavy (non-hydrogen) atoms. The third-order valence-electron chi connectivity index (χ3n) is 5.38. The number of hydrogen-bond donors (Lipinski definition) is 1. The van der Waals surface area contributed by atoms with Gasteiger partial charge in [0.15, 0.2) is 0 Å². The molecule has 0 aliphatic carbocycles. The van der Waals surface area contributed by atoms with Crippen LogP contribution in [-0.4, -0.2) is 35.3 Å². The number of aromatic nitrogens is 2. The van der Waals surface area contributed by atoms with Gasteiger partial charge in [0, 0.05) is 30.3 Å². The molecule has 3 aromatic rings. The summed E-state index contributed by atoms with van der Waals surface area (Å²) >= 11 is 0. The minimum atomic E-state index is -0.562. The lowest BCUT2D eigenvalue weighted by Gasteiger charge is -2.32. The van der Waals surface area contributed by atoms with Crippen LogP contribution < -0.4 is 4.74 Å². The minimum absolute atomic E-state index is 0.00136. The molecule has 6 heteroatoms. The fourth-order valence-electron chi connectivity index (χ4n) is 3.99. The average Bonchev–Trinajstić information content (AvgIpc) is 3.18. The second kappa shape index (κ2) is 8.10. The van der Waals surface area contributed by atoms with Crippen molar-refractivity contribution in [2.75, 3.05) is 20.2 Å². The summed E-state index contributed by atoms with van der Waals surface area (Å²) in [6.45, 7) is 2.65. The molecule has 0 radical (unpaired) electrons. The van der Waals surface area contributed by atoms with E-state index in [9.17, 15) is 8.78 Å². The number of hydrogen-bond acceptors (Lipinski definition) is 3. The van der Waals surface area contributed by atoms with Gasteiger partial charge < -0.3 is 4.74 Å². The summed E-state index contributed by atoms with van der Waals surface area (Å²) < 4.78 is 33.8. The molecule has 1 aliphatic rings. The van der Waals surface area contributed by atoms with Gasteiger partial charge in [0.05, 0.1) is 18.9 Å². The second-order valence-electron chi connectivity index (χ2n) is 7.22. The predicted octanol–water partition coefficient (Wildman–Crippen LogP) is 4.74. The van der Waals surface area contributed by atoms with Crippen LogP contribution in [0.1, 0.15) is 30.0 Å². The van der Waals surface area contributed by atoms with E-state index in [0.29, 0.717) is 5.56 Å². The van der Waals surface area contributed by atoms with E-state index in [1.807, 2.05) is 12.1 Å². The zero-order chi connectivity index (χ0) is 19.5. The molecule has 0 bridgehead atoms. The maximum absolute atomic E-state index is 14.3. The van der Waals surface area contributed by atoms with Crippen molar-refractivity contribution in [2.24, 2.45) is 0 Å². The molecule has 0 saturated carbocycles. The van der Waals surface area contributed by atoms with Gasteiger partial charge in [-0.15, -0.1) is 0 Å². The first-order chi connectivity index (χ1) is 13.7. The Hall–Kier alpha value is -2.73. The molecule has 0 spiro atoms. The maximum atomic E-state index is 14.3. The van der Waals surface area contributed by atoms with Crippen LogP contribution in [0.2, 0.25) is 0 Å². The lowest BCUT2D eigenvalue weighted by atomic mass is 9.90. The van der Waals surface area contributed by atoms with Gasteiger partial charge >= 0.3 is 0 Å². The van der Waals surface area contributed by atoms with Crippen LogP contribution in [0.4, 0.5) is 8.78 Å². The molecule has 1 aliphatic heterocycles. The molecule has 1 saturated heterocycles. The van der Waals surface area contributed by atoms with Crippen LogP contribution in [0.5, 0.6) is 5.75 Å². The lowest BCUT2D eigenvalue weighted by Crippen LogP contribution is -2.34. The first-order valence-electron chi connectivity index (χ1n) is 9.48. The first kappa shape index (κ1) is 18.6. The van der Waals surface area contributed by atoms with Crippen molar-refractivity contribution in [3.8, 4) is 16.9 Å². The third-order valence-corrected chi connectivity index (χ3v) is 5.38. The fraction of sp³-hybridized carbons (Fsp3) is 0.318. The van der Waals surface area contributed by atoms with Crippen molar-refractivity contribution >= 4 is 0 Å². The topological polar surface area (TPSA) is 41.1 Å². The van der Waals surface area contributed by atoms with Crippen LogP contribution in [0.3, 0.4) is 0 Å². The van der Waals surface area contributed by atoms with E-state index in [4.69, 9.17) is 4.74 Å². The van der Waals surface area contributed by atoms with Crippen LogP contribution in [0.15, 0.2) is 48.7 Å². The number of benzene rings is 2. The van der Waals surface area contributed by atoms with Crippen molar-refractivity contribution in [3.05, 3.63) is 71.6 Å². The summed E-state index contributed by atoms with van der Waals surface area (Å²) in [5, 5.41) is 7.09. The van der Waals surface area contributed by atoms with Crippen molar-refractivity contribution in [3.63, 3.8) is 0 Å². The Morgan fingerprint density at radius 3 is 2.61 bits per heavy atom. The van der Waals surface area contributed by atoms with Crippen LogP contribution >= 0.6 is 0 Å². The number of methoxy groups -OCH3 is 1. The number of piperidine rings is 1. The summed E-state index contributed by atoms with van der Waals surface area (Å²) in [5.74, 6) is -0.125. The van der Waals surface area contributed by atoms with Gasteiger partial charge in [-0.2, -0.15) is 5.10 Å². The van der Waals surface area contributed by atoms with E-state index >= 15 is 0 Å². The first-order valence-corrected chi connectivity index (χ1v) is 9.48. The molecule has 4 rings (SSSR count). The molecule has 2 aromatic carbocycles. The Bertz CT molecular complexity index is 919. The molecule has 1 aromatic heterocycles. The molecule has 2 heterocycles. The fourth-order valence-corrected chi connectivity index (χ4v) is 3.99. The molecule has 4 nitrogen and oxygen atoms in total. The number of nitrogens with one attached hydrogen (secondary N) is 1. The van der Waals surface area contributed by atoms with Gasteiger partial charge in [0.2, 0.25) is 0 Å². The molecule has 0 amide bonds. The number of H-pyrrole nitrogens is 1. The summed E-state index contributed by atoms with van der Waals surface area (Å²) in [7, 11) is 1.66. The molecule has 1 fully saturated rings. The predicted molar refractivity (Wildman–Crippen MR) is 104 cm³/mol. The molecule has 1 unspecified atom stereocenters. The molecular formula is C22H23F2N3O. The highest BCUT2D eigenvalue weighted by Crippen LogP contribution is 2.35.